The van der Waals surface area contributed by atoms with Crippen LogP contribution in [0.5, 0.6) is 5.75 Å². The number of fused-ring (bicyclic) bond motifs is 6. The van der Waals surface area contributed by atoms with Crippen molar-refractivity contribution in [3.63, 3.8) is 0 Å². The van der Waals surface area contributed by atoms with Gasteiger partial charge in [0.05, 0.1) is 11.1 Å². The van der Waals surface area contributed by atoms with E-state index in [0.29, 0.717) is 0 Å². The van der Waals surface area contributed by atoms with E-state index in [9.17, 15) is 5.11 Å². The summed E-state index contributed by atoms with van der Waals surface area (Å²) in [5.74, 6) is 3.44. The van der Waals surface area contributed by atoms with E-state index in [1.54, 1.807) is 0 Å². The van der Waals surface area contributed by atoms with Crippen molar-refractivity contribution in [1.82, 2.24) is 0 Å². The summed E-state index contributed by atoms with van der Waals surface area (Å²) in [6, 6.07) is 65.5. The number of phenolic OH excluding ortho intramolecular Hbond substituents is 1. The van der Waals surface area contributed by atoms with Gasteiger partial charge in [-0.05, 0) is 135 Å². The molecule has 11 rings (SSSR count). The van der Waals surface area contributed by atoms with Crippen LogP contribution in [0.1, 0.15) is 49.4 Å². The first-order chi connectivity index (χ1) is 32.8. The summed E-state index contributed by atoms with van der Waals surface area (Å²) >= 11 is 0. The van der Waals surface area contributed by atoms with Crippen molar-refractivity contribution in [2.45, 2.75) is 38.0 Å². The zero-order valence-corrected chi connectivity index (χ0v) is 38.1. The molecule has 0 radical (unpaired) electrons. The van der Waals surface area contributed by atoms with Crippen molar-refractivity contribution >= 4 is 17.1 Å². The lowest BCUT2D eigenvalue weighted by Gasteiger charge is -2.40. The van der Waals surface area contributed by atoms with E-state index in [2.05, 4.69) is 231 Å². The molecule has 0 saturated carbocycles. The second-order valence-electron chi connectivity index (χ2n) is 18.4. The number of anilines is 3. The number of hydrogen-bond donors (Lipinski definition) is 1. The highest BCUT2D eigenvalue weighted by Gasteiger charge is 2.52. The van der Waals surface area contributed by atoms with Gasteiger partial charge in [0.2, 0.25) is 0 Å². The second kappa shape index (κ2) is 16.7. The molecule has 3 aliphatic rings. The van der Waals surface area contributed by atoms with E-state index >= 15 is 0 Å². The van der Waals surface area contributed by atoms with Crippen LogP contribution in [0.4, 0.5) is 17.1 Å². The molecular formula is C65H51NO. The van der Waals surface area contributed by atoms with Gasteiger partial charge in [0, 0.05) is 33.5 Å². The molecule has 1 N–H and O–H groups in total. The zero-order valence-electron chi connectivity index (χ0n) is 38.1. The minimum atomic E-state index is -0.736. The number of aromatic hydroxyl groups is 1. The molecule has 0 spiro atoms. The third-order valence-electron chi connectivity index (χ3n) is 14.5. The van der Waals surface area contributed by atoms with Gasteiger partial charge in [0.15, 0.2) is 0 Å². The predicted octanol–water partition coefficient (Wildman–Crippen LogP) is 16.7. The molecule has 67 heavy (non-hydrogen) atoms. The molecule has 322 valence electrons. The van der Waals surface area contributed by atoms with Gasteiger partial charge < -0.3 is 10.0 Å². The van der Waals surface area contributed by atoms with E-state index in [4.69, 9.17) is 6.42 Å². The molecule has 0 saturated heterocycles. The van der Waals surface area contributed by atoms with Crippen LogP contribution in [0.25, 0.3) is 55.6 Å². The summed E-state index contributed by atoms with van der Waals surface area (Å²) in [7, 11) is 0. The molecule has 0 aliphatic heterocycles. The van der Waals surface area contributed by atoms with Gasteiger partial charge in [0.1, 0.15) is 5.75 Å². The number of hydrogen-bond acceptors (Lipinski definition) is 2. The number of rotatable bonds is 9. The van der Waals surface area contributed by atoms with Crippen molar-refractivity contribution in [3.8, 4) is 73.7 Å². The molecule has 0 heterocycles. The fourth-order valence-electron chi connectivity index (χ4n) is 11.4. The number of terminal acetylenes is 1. The minimum absolute atomic E-state index is 0.00762. The Morgan fingerprint density at radius 2 is 1.22 bits per heavy atom. The molecular weight excluding hydrogens is 811 g/mol. The summed E-state index contributed by atoms with van der Waals surface area (Å²) in [5, 5.41) is 11.9. The predicted molar refractivity (Wildman–Crippen MR) is 281 cm³/mol. The van der Waals surface area contributed by atoms with E-state index in [-0.39, 0.29) is 17.1 Å². The SMILES string of the molecule is C#C/C(=C\C=C/C)C1(C2C=CC=CC2)c2ccccc2-c2c(O)ccc(-c3ccc(N(c4ccc5c(c4)C(C)(C)c4ccccc4-5)c4ccc(-c5ccccc5)cc4-c4ccccc4)cc3)c21. The van der Waals surface area contributed by atoms with Crippen molar-refractivity contribution in [1.29, 1.82) is 0 Å². The molecule has 3 aliphatic carbocycles. The number of nitrogens with zero attached hydrogens (tertiary/aromatic N) is 1. The maximum absolute atomic E-state index is 11.9. The molecule has 0 amide bonds. The van der Waals surface area contributed by atoms with Crippen LogP contribution in [0.15, 0.2) is 230 Å². The van der Waals surface area contributed by atoms with Gasteiger partial charge in [0.25, 0.3) is 0 Å². The van der Waals surface area contributed by atoms with E-state index in [1.807, 2.05) is 25.1 Å². The first kappa shape index (κ1) is 41.6. The quantitative estimate of drug-likeness (QED) is 0.115. The molecule has 0 fully saturated rings. The van der Waals surface area contributed by atoms with E-state index < -0.39 is 5.41 Å². The Balaban J connectivity index is 1.13. The summed E-state index contributed by atoms with van der Waals surface area (Å²) in [6.07, 6.45) is 22.3. The lowest BCUT2D eigenvalue weighted by molar-refractivity contribution is 0.454. The number of benzene rings is 8. The fourth-order valence-corrected chi connectivity index (χ4v) is 11.4. The van der Waals surface area contributed by atoms with Crippen LogP contribution in [0, 0.1) is 18.3 Å². The Hall–Kier alpha value is -8.12. The van der Waals surface area contributed by atoms with Gasteiger partial charge in [-0.2, -0.15) is 0 Å². The molecule has 2 atom stereocenters. The number of phenols is 1. The van der Waals surface area contributed by atoms with Gasteiger partial charge in [-0.25, -0.2) is 0 Å². The van der Waals surface area contributed by atoms with Crippen LogP contribution in [-0.4, -0.2) is 5.11 Å². The van der Waals surface area contributed by atoms with Crippen LogP contribution >= 0.6 is 0 Å². The first-order valence-corrected chi connectivity index (χ1v) is 23.3. The molecule has 2 heteroatoms. The molecule has 8 aromatic rings. The smallest absolute Gasteiger partial charge is 0.123 e. The highest BCUT2D eigenvalue weighted by atomic mass is 16.3. The third-order valence-corrected chi connectivity index (χ3v) is 14.5. The van der Waals surface area contributed by atoms with Gasteiger partial charge in [-0.3, -0.25) is 0 Å². The molecule has 0 bridgehead atoms. The molecule has 2 nitrogen and oxygen atoms in total. The highest BCUT2D eigenvalue weighted by molar-refractivity contribution is 5.96. The standard InChI is InChI=1S/C65H51NO/c1-5-7-25-48(6-2)65(49-26-15-10-16-27-49)58-31-20-18-29-55(58)62-61(67)41-39-52(63(62)65)46-32-35-50(36-33-46)66(51-37-38-54-53-28-17-19-30-57(53)64(3,4)59(54)43-51)60-40-34-47(44-21-11-8-12-22-44)42-56(60)45-23-13-9-14-24-45/h2,5,7-26,28-43,49,67H,27H2,1,3-4H3/b7-5-,48-25+. The largest absolute Gasteiger partial charge is 0.507 e. The van der Waals surface area contributed by atoms with Gasteiger partial charge in [-0.15, -0.1) is 6.42 Å². The van der Waals surface area contributed by atoms with Crippen LogP contribution < -0.4 is 4.90 Å². The van der Waals surface area contributed by atoms with Crippen LogP contribution in [0.3, 0.4) is 0 Å². The summed E-state index contributed by atoms with van der Waals surface area (Å²) in [5.41, 5.74) is 19.1. The Kier molecular flexibility index (Phi) is 10.4. The van der Waals surface area contributed by atoms with Crippen molar-refractivity contribution in [3.05, 3.63) is 252 Å². The van der Waals surface area contributed by atoms with Crippen molar-refractivity contribution in [2.75, 3.05) is 4.90 Å². The monoisotopic (exact) mass is 861 g/mol. The molecule has 2 unspecified atom stereocenters. The lowest BCUT2D eigenvalue weighted by Crippen LogP contribution is -2.36. The Labute approximate surface area is 395 Å². The zero-order chi connectivity index (χ0) is 45.7. The van der Waals surface area contributed by atoms with E-state index in [1.165, 1.54) is 27.8 Å². The first-order valence-electron chi connectivity index (χ1n) is 23.3. The van der Waals surface area contributed by atoms with Crippen molar-refractivity contribution in [2.24, 2.45) is 5.92 Å². The lowest BCUT2D eigenvalue weighted by atomic mass is 9.60. The maximum Gasteiger partial charge on any atom is 0.123 e. The highest BCUT2D eigenvalue weighted by Crippen LogP contribution is 2.62. The van der Waals surface area contributed by atoms with Crippen LogP contribution in [-0.2, 0) is 10.8 Å². The Morgan fingerprint density at radius 3 is 1.94 bits per heavy atom. The van der Waals surface area contributed by atoms with E-state index in [0.717, 1.165) is 79.1 Å². The fraction of sp³-hybridized carbons (Fsp3) is 0.108. The normalized spacial score (nSPS) is 17.4. The van der Waals surface area contributed by atoms with Gasteiger partial charge >= 0.3 is 0 Å². The summed E-state index contributed by atoms with van der Waals surface area (Å²) in [4.78, 5) is 2.43. The molecule has 8 aromatic carbocycles. The number of allylic oxidation sites excluding steroid dienone is 8. The van der Waals surface area contributed by atoms with Crippen LogP contribution in [0.2, 0.25) is 0 Å². The average Bonchev–Trinajstić information content (AvgIpc) is 3.82. The summed E-state index contributed by atoms with van der Waals surface area (Å²) < 4.78 is 0. The third kappa shape index (κ3) is 6.65. The second-order valence-corrected chi connectivity index (χ2v) is 18.4. The summed E-state index contributed by atoms with van der Waals surface area (Å²) in [6.45, 7) is 6.71. The van der Waals surface area contributed by atoms with Crippen molar-refractivity contribution < 1.29 is 5.11 Å². The molecule has 0 aromatic heterocycles. The minimum Gasteiger partial charge on any atom is -0.507 e. The maximum atomic E-state index is 11.9. The average molecular weight is 862 g/mol. The Morgan fingerprint density at radius 1 is 0.597 bits per heavy atom. The van der Waals surface area contributed by atoms with Gasteiger partial charge in [-0.1, -0.05) is 196 Å². The Bertz CT molecular complexity index is 3380. The topological polar surface area (TPSA) is 23.5 Å².